The Labute approximate surface area is 96.1 Å². The van der Waals surface area contributed by atoms with Crippen LogP contribution in [0.5, 0.6) is 0 Å². The molecule has 1 aromatic heterocycles. The number of halogens is 3. The normalized spacial score (nSPS) is 11.8. The van der Waals surface area contributed by atoms with Crippen molar-refractivity contribution in [1.29, 1.82) is 0 Å². The molecule has 0 bridgehead atoms. The summed E-state index contributed by atoms with van der Waals surface area (Å²) in [5.41, 5.74) is 0.398. The van der Waals surface area contributed by atoms with Crippen LogP contribution in [0.1, 0.15) is 16.9 Å². The van der Waals surface area contributed by atoms with Gasteiger partial charge in [0, 0.05) is 5.56 Å². The van der Waals surface area contributed by atoms with Gasteiger partial charge in [0.05, 0.1) is 11.8 Å². The van der Waals surface area contributed by atoms with Crippen molar-refractivity contribution in [3.63, 3.8) is 0 Å². The van der Waals surface area contributed by atoms with Crippen molar-refractivity contribution in [3.8, 4) is 11.5 Å². The summed E-state index contributed by atoms with van der Waals surface area (Å²) in [5.74, 6) is 0.966. The van der Waals surface area contributed by atoms with Gasteiger partial charge in [-0.2, -0.15) is 13.2 Å². The third-order valence-corrected chi connectivity index (χ3v) is 2.41. The highest BCUT2D eigenvalue weighted by molar-refractivity contribution is 5.59. The first kappa shape index (κ1) is 11.7. The van der Waals surface area contributed by atoms with Crippen LogP contribution in [0.15, 0.2) is 28.8 Å². The zero-order valence-corrected chi connectivity index (χ0v) is 9.30. The number of benzene rings is 1. The number of aryl methyl sites for hydroxylation is 2. The van der Waals surface area contributed by atoms with E-state index in [1.807, 2.05) is 0 Å². The van der Waals surface area contributed by atoms with Gasteiger partial charge < -0.3 is 4.42 Å². The summed E-state index contributed by atoms with van der Waals surface area (Å²) in [5, 5.41) is 0. The first-order valence-electron chi connectivity index (χ1n) is 4.98. The maximum Gasteiger partial charge on any atom is 0.416 e. The van der Waals surface area contributed by atoms with E-state index in [1.54, 1.807) is 13.8 Å². The van der Waals surface area contributed by atoms with E-state index >= 15 is 0 Å². The summed E-state index contributed by atoms with van der Waals surface area (Å²) in [6.07, 6.45) is -2.79. The second-order valence-corrected chi connectivity index (χ2v) is 3.80. The molecule has 0 saturated carbocycles. The van der Waals surface area contributed by atoms with E-state index in [2.05, 4.69) is 4.98 Å². The van der Waals surface area contributed by atoms with E-state index < -0.39 is 11.7 Å². The Hall–Kier alpha value is -1.78. The second-order valence-electron chi connectivity index (χ2n) is 3.80. The van der Waals surface area contributed by atoms with Crippen molar-refractivity contribution in [2.24, 2.45) is 0 Å². The van der Waals surface area contributed by atoms with Crippen LogP contribution in [0.4, 0.5) is 13.2 Å². The molecule has 90 valence electrons. The number of rotatable bonds is 1. The third kappa shape index (κ3) is 2.33. The molecule has 2 aromatic rings. The Bertz CT molecular complexity index is 543. The van der Waals surface area contributed by atoms with Crippen LogP contribution in [0.2, 0.25) is 0 Å². The van der Waals surface area contributed by atoms with Gasteiger partial charge in [-0.25, -0.2) is 4.98 Å². The molecule has 0 fully saturated rings. The van der Waals surface area contributed by atoms with Crippen LogP contribution in [0.25, 0.3) is 11.5 Å². The Morgan fingerprint density at radius 2 is 1.88 bits per heavy atom. The Kier molecular flexibility index (Phi) is 2.69. The van der Waals surface area contributed by atoms with Gasteiger partial charge in [0.1, 0.15) is 5.76 Å². The Morgan fingerprint density at radius 3 is 2.35 bits per heavy atom. The quantitative estimate of drug-likeness (QED) is 0.754. The molecule has 0 spiro atoms. The van der Waals surface area contributed by atoms with Crippen molar-refractivity contribution in [3.05, 3.63) is 41.3 Å². The lowest BCUT2D eigenvalue weighted by Crippen LogP contribution is -2.05. The predicted octanol–water partition coefficient (Wildman–Crippen LogP) is 3.98. The van der Waals surface area contributed by atoms with Gasteiger partial charge in [0.15, 0.2) is 0 Å². The highest BCUT2D eigenvalue weighted by Crippen LogP contribution is 2.32. The summed E-state index contributed by atoms with van der Waals surface area (Å²) in [6, 6.07) is 3.50. The van der Waals surface area contributed by atoms with E-state index in [1.165, 1.54) is 12.3 Å². The van der Waals surface area contributed by atoms with Gasteiger partial charge in [-0.15, -0.1) is 0 Å². The van der Waals surface area contributed by atoms with Gasteiger partial charge in [-0.1, -0.05) is 0 Å². The van der Waals surface area contributed by atoms with E-state index in [4.69, 9.17) is 4.42 Å². The molecule has 2 nitrogen and oxygen atoms in total. The molecule has 0 atom stereocenters. The van der Waals surface area contributed by atoms with Crippen molar-refractivity contribution in [2.75, 3.05) is 0 Å². The molecule has 0 radical (unpaired) electrons. The SMILES string of the molecule is Cc1cnc(-c2ccc(C(F)(F)F)cc2C)o1. The molecule has 0 aliphatic carbocycles. The molecule has 0 N–H and O–H groups in total. The van der Waals surface area contributed by atoms with Crippen molar-refractivity contribution < 1.29 is 17.6 Å². The van der Waals surface area contributed by atoms with Gasteiger partial charge in [-0.3, -0.25) is 0 Å². The first-order chi connectivity index (χ1) is 7.88. The van der Waals surface area contributed by atoms with Crippen LogP contribution < -0.4 is 0 Å². The standard InChI is InChI=1S/C12H10F3NO/c1-7-5-9(12(13,14)15)3-4-10(7)11-16-6-8(2)17-11/h3-6H,1-2H3. The minimum Gasteiger partial charge on any atom is -0.441 e. The van der Waals surface area contributed by atoms with Gasteiger partial charge in [0.2, 0.25) is 5.89 Å². The van der Waals surface area contributed by atoms with E-state index in [0.717, 1.165) is 12.1 Å². The highest BCUT2D eigenvalue weighted by atomic mass is 19.4. The summed E-state index contributed by atoms with van der Waals surface area (Å²) in [6.45, 7) is 3.33. The van der Waals surface area contributed by atoms with Gasteiger partial charge in [-0.05, 0) is 37.6 Å². The molecule has 0 unspecified atom stereocenters. The van der Waals surface area contributed by atoms with Gasteiger partial charge >= 0.3 is 6.18 Å². The van der Waals surface area contributed by atoms with E-state index in [9.17, 15) is 13.2 Å². The lowest BCUT2D eigenvalue weighted by Gasteiger charge is -2.09. The molecule has 1 aromatic carbocycles. The number of alkyl halides is 3. The maximum absolute atomic E-state index is 12.5. The molecule has 0 saturated heterocycles. The zero-order chi connectivity index (χ0) is 12.6. The van der Waals surface area contributed by atoms with E-state index in [-0.39, 0.29) is 0 Å². The van der Waals surface area contributed by atoms with Crippen LogP contribution in [-0.4, -0.2) is 4.98 Å². The molecular weight excluding hydrogens is 231 g/mol. The summed E-state index contributed by atoms with van der Waals surface area (Å²) in [4.78, 5) is 3.99. The number of oxazole rings is 1. The fourth-order valence-corrected chi connectivity index (χ4v) is 1.56. The molecule has 0 aliphatic rings. The number of aromatic nitrogens is 1. The highest BCUT2D eigenvalue weighted by Gasteiger charge is 2.30. The zero-order valence-electron chi connectivity index (χ0n) is 9.30. The fourth-order valence-electron chi connectivity index (χ4n) is 1.56. The average Bonchev–Trinajstić information content (AvgIpc) is 2.63. The molecule has 17 heavy (non-hydrogen) atoms. The molecule has 2 rings (SSSR count). The average molecular weight is 241 g/mol. The summed E-state index contributed by atoms with van der Waals surface area (Å²) < 4.78 is 42.7. The minimum absolute atomic E-state index is 0.341. The smallest absolute Gasteiger partial charge is 0.416 e. The number of nitrogens with zero attached hydrogens (tertiary/aromatic N) is 1. The molecule has 0 amide bonds. The first-order valence-corrected chi connectivity index (χ1v) is 4.98. The molecular formula is C12H10F3NO. The lowest BCUT2D eigenvalue weighted by atomic mass is 10.0. The molecule has 0 aliphatic heterocycles. The van der Waals surface area contributed by atoms with Crippen LogP contribution in [0, 0.1) is 13.8 Å². The monoisotopic (exact) mass is 241 g/mol. The topological polar surface area (TPSA) is 26.0 Å². The lowest BCUT2D eigenvalue weighted by molar-refractivity contribution is -0.137. The minimum atomic E-state index is -4.32. The largest absolute Gasteiger partial charge is 0.441 e. The maximum atomic E-state index is 12.5. The Morgan fingerprint density at radius 1 is 1.18 bits per heavy atom. The van der Waals surface area contributed by atoms with Crippen LogP contribution in [0.3, 0.4) is 0 Å². The van der Waals surface area contributed by atoms with Crippen molar-refractivity contribution >= 4 is 0 Å². The van der Waals surface area contributed by atoms with Crippen molar-refractivity contribution in [2.45, 2.75) is 20.0 Å². The van der Waals surface area contributed by atoms with Crippen LogP contribution in [-0.2, 0) is 6.18 Å². The Balaban J connectivity index is 2.45. The fraction of sp³-hybridized carbons (Fsp3) is 0.250. The summed E-state index contributed by atoms with van der Waals surface area (Å²) >= 11 is 0. The van der Waals surface area contributed by atoms with Crippen LogP contribution >= 0.6 is 0 Å². The second kappa shape index (κ2) is 3.91. The predicted molar refractivity (Wildman–Crippen MR) is 56.4 cm³/mol. The number of hydrogen-bond donors (Lipinski definition) is 0. The van der Waals surface area contributed by atoms with Gasteiger partial charge in [0.25, 0.3) is 0 Å². The van der Waals surface area contributed by atoms with E-state index in [0.29, 0.717) is 22.8 Å². The molecule has 1 heterocycles. The third-order valence-electron chi connectivity index (χ3n) is 2.41. The molecule has 5 heteroatoms. The number of hydrogen-bond acceptors (Lipinski definition) is 2. The van der Waals surface area contributed by atoms with Crippen molar-refractivity contribution in [1.82, 2.24) is 4.98 Å². The summed E-state index contributed by atoms with van der Waals surface area (Å²) in [7, 11) is 0.